The Balaban J connectivity index is 2.22. The molecule has 1 N–H and O–H groups in total. The second kappa shape index (κ2) is 6.50. The molecule has 2 aromatic carbocycles. The molecule has 0 saturated carbocycles. The maximum Gasteiger partial charge on any atom is 0.262 e. The quantitative estimate of drug-likeness (QED) is 0.919. The zero-order chi connectivity index (χ0) is 16.2. The zero-order valence-electron chi connectivity index (χ0n) is 12.3. The van der Waals surface area contributed by atoms with Crippen molar-refractivity contribution in [3.8, 4) is 11.8 Å². The highest BCUT2D eigenvalue weighted by Gasteiger charge is 2.17. The van der Waals surface area contributed by atoms with Crippen molar-refractivity contribution < 1.29 is 13.2 Å². The second-order valence-electron chi connectivity index (χ2n) is 4.85. The number of hydrogen-bond donors (Lipinski definition) is 1. The van der Waals surface area contributed by atoms with Crippen molar-refractivity contribution in [1.82, 2.24) is 0 Å². The molecular weight excluding hydrogens is 300 g/mol. The molecule has 2 aromatic rings. The first-order chi connectivity index (χ1) is 10.4. The Bertz CT molecular complexity index is 806. The predicted octanol–water partition coefficient (Wildman–Crippen LogP) is 3.01. The van der Waals surface area contributed by atoms with E-state index in [1.807, 2.05) is 19.1 Å². The molecule has 0 unspecified atom stereocenters. The first kappa shape index (κ1) is 15.9. The van der Waals surface area contributed by atoms with Crippen molar-refractivity contribution >= 4 is 15.7 Å². The number of anilines is 1. The lowest BCUT2D eigenvalue weighted by Gasteiger charge is -2.11. The molecule has 0 atom stereocenters. The molecule has 0 aliphatic rings. The maximum atomic E-state index is 12.4. The summed E-state index contributed by atoms with van der Waals surface area (Å²) in [6, 6.07) is 13.6. The number of benzene rings is 2. The maximum absolute atomic E-state index is 12.4. The number of hydrogen-bond acceptors (Lipinski definition) is 4. The zero-order valence-corrected chi connectivity index (χ0v) is 13.1. The highest BCUT2D eigenvalue weighted by Crippen LogP contribution is 2.22. The molecule has 0 fully saturated rings. The van der Waals surface area contributed by atoms with Crippen LogP contribution in [-0.4, -0.2) is 15.0 Å². The molecule has 2 rings (SSSR count). The Morgan fingerprint density at radius 3 is 2.45 bits per heavy atom. The van der Waals surface area contributed by atoms with E-state index in [9.17, 15) is 8.42 Å². The van der Waals surface area contributed by atoms with Crippen LogP contribution in [0.4, 0.5) is 5.69 Å². The van der Waals surface area contributed by atoms with Crippen LogP contribution < -0.4 is 9.46 Å². The highest BCUT2D eigenvalue weighted by molar-refractivity contribution is 7.92. The van der Waals surface area contributed by atoms with E-state index < -0.39 is 10.0 Å². The van der Waals surface area contributed by atoms with Crippen molar-refractivity contribution in [2.45, 2.75) is 18.7 Å². The van der Waals surface area contributed by atoms with Crippen molar-refractivity contribution in [2.75, 3.05) is 11.3 Å². The fourth-order valence-electron chi connectivity index (χ4n) is 1.94. The molecule has 0 spiro atoms. The molecule has 0 radical (unpaired) electrons. The third-order valence-corrected chi connectivity index (χ3v) is 4.57. The van der Waals surface area contributed by atoms with Crippen LogP contribution in [0.15, 0.2) is 47.4 Å². The van der Waals surface area contributed by atoms with Crippen molar-refractivity contribution in [3.63, 3.8) is 0 Å². The Kier molecular flexibility index (Phi) is 4.68. The van der Waals surface area contributed by atoms with E-state index in [1.165, 1.54) is 0 Å². The molecule has 6 heteroatoms. The van der Waals surface area contributed by atoms with Crippen LogP contribution in [-0.2, 0) is 10.0 Å². The first-order valence-corrected chi connectivity index (χ1v) is 8.10. The summed E-state index contributed by atoms with van der Waals surface area (Å²) in [6.07, 6.45) is 0. The summed E-state index contributed by atoms with van der Waals surface area (Å²) in [5.74, 6) is 0.510. The average Bonchev–Trinajstić information content (AvgIpc) is 2.48. The molecule has 0 aliphatic carbocycles. The Hall–Kier alpha value is -2.52. The van der Waals surface area contributed by atoms with Crippen molar-refractivity contribution in [2.24, 2.45) is 0 Å². The fraction of sp³-hybridized carbons (Fsp3) is 0.188. The number of nitriles is 1. The SMILES string of the molecule is Cc1ccc(C)c(S(=O)(=O)Nc2ccc(OCC#N)cc2)c1. The topological polar surface area (TPSA) is 79.2 Å². The summed E-state index contributed by atoms with van der Waals surface area (Å²) in [7, 11) is -3.64. The van der Waals surface area contributed by atoms with E-state index in [0.29, 0.717) is 17.0 Å². The molecule has 0 saturated heterocycles. The number of sulfonamides is 1. The van der Waals surface area contributed by atoms with E-state index in [0.717, 1.165) is 5.56 Å². The molecule has 0 aliphatic heterocycles. The van der Waals surface area contributed by atoms with E-state index in [4.69, 9.17) is 10.00 Å². The van der Waals surface area contributed by atoms with Gasteiger partial charge in [-0.3, -0.25) is 4.72 Å². The second-order valence-corrected chi connectivity index (χ2v) is 6.50. The molecule has 114 valence electrons. The monoisotopic (exact) mass is 316 g/mol. The molecule has 0 bridgehead atoms. The van der Waals surface area contributed by atoms with E-state index in [-0.39, 0.29) is 11.5 Å². The standard InChI is InChI=1S/C16H16N2O3S/c1-12-3-4-13(2)16(11-12)22(19,20)18-14-5-7-15(8-6-14)21-10-9-17/h3-8,11,18H,10H2,1-2H3. The van der Waals surface area contributed by atoms with Gasteiger partial charge < -0.3 is 4.74 Å². The molecular formula is C16H16N2O3S. The van der Waals surface area contributed by atoms with Gasteiger partial charge in [-0.05, 0) is 55.3 Å². The van der Waals surface area contributed by atoms with Gasteiger partial charge in [0.05, 0.1) is 4.90 Å². The molecule has 22 heavy (non-hydrogen) atoms. The minimum absolute atomic E-state index is 0.0481. The number of nitrogens with zero attached hydrogens (tertiary/aromatic N) is 1. The summed E-state index contributed by atoms with van der Waals surface area (Å²) >= 11 is 0. The smallest absolute Gasteiger partial charge is 0.262 e. The van der Waals surface area contributed by atoms with Gasteiger partial charge in [-0.2, -0.15) is 5.26 Å². The molecule has 0 amide bonds. The van der Waals surface area contributed by atoms with Crippen molar-refractivity contribution in [3.05, 3.63) is 53.6 Å². The van der Waals surface area contributed by atoms with Gasteiger partial charge in [0.15, 0.2) is 6.61 Å². The first-order valence-electron chi connectivity index (χ1n) is 6.62. The molecule has 5 nitrogen and oxygen atoms in total. The van der Waals surface area contributed by atoms with E-state index >= 15 is 0 Å². The van der Waals surface area contributed by atoms with E-state index in [1.54, 1.807) is 43.3 Å². The van der Waals surface area contributed by atoms with Gasteiger partial charge in [-0.1, -0.05) is 12.1 Å². The average molecular weight is 316 g/mol. The molecule has 0 heterocycles. The minimum atomic E-state index is -3.64. The fourth-order valence-corrected chi connectivity index (χ4v) is 3.33. The van der Waals surface area contributed by atoms with Crippen LogP contribution in [0.3, 0.4) is 0 Å². The Morgan fingerprint density at radius 1 is 1.14 bits per heavy atom. The summed E-state index contributed by atoms with van der Waals surface area (Å²) in [6.45, 7) is 3.56. The van der Waals surface area contributed by atoms with Gasteiger partial charge in [0.25, 0.3) is 10.0 Å². The van der Waals surface area contributed by atoms with Crippen molar-refractivity contribution in [1.29, 1.82) is 5.26 Å². The largest absolute Gasteiger partial charge is 0.479 e. The van der Waals surface area contributed by atoms with Gasteiger partial charge in [0, 0.05) is 5.69 Å². The summed E-state index contributed by atoms with van der Waals surface area (Å²) in [5, 5.41) is 8.44. The number of nitrogens with one attached hydrogen (secondary N) is 1. The Morgan fingerprint density at radius 2 is 1.82 bits per heavy atom. The number of ether oxygens (including phenoxy) is 1. The normalized spacial score (nSPS) is 10.8. The lowest BCUT2D eigenvalue weighted by atomic mass is 10.2. The van der Waals surface area contributed by atoms with Gasteiger partial charge in [-0.15, -0.1) is 0 Å². The Labute approximate surface area is 130 Å². The van der Waals surface area contributed by atoms with Crippen LogP contribution in [0.25, 0.3) is 0 Å². The van der Waals surface area contributed by atoms with Gasteiger partial charge in [0.2, 0.25) is 0 Å². The predicted molar refractivity (Wildman–Crippen MR) is 84.3 cm³/mol. The third kappa shape index (κ3) is 3.77. The van der Waals surface area contributed by atoms with Gasteiger partial charge in [-0.25, -0.2) is 8.42 Å². The van der Waals surface area contributed by atoms with Crippen LogP contribution in [0.1, 0.15) is 11.1 Å². The van der Waals surface area contributed by atoms with Crippen LogP contribution in [0, 0.1) is 25.2 Å². The minimum Gasteiger partial charge on any atom is -0.479 e. The van der Waals surface area contributed by atoms with Crippen LogP contribution in [0.5, 0.6) is 5.75 Å². The lowest BCUT2D eigenvalue weighted by Crippen LogP contribution is -2.14. The van der Waals surface area contributed by atoms with Gasteiger partial charge >= 0.3 is 0 Å². The van der Waals surface area contributed by atoms with Gasteiger partial charge in [0.1, 0.15) is 11.8 Å². The van der Waals surface area contributed by atoms with Crippen LogP contribution >= 0.6 is 0 Å². The molecule has 0 aromatic heterocycles. The third-order valence-electron chi connectivity index (χ3n) is 3.04. The summed E-state index contributed by atoms with van der Waals surface area (Å²) < 4.78 is 32.6. The highest BCUT2D eigenvalue weighted by atomic mass is 32.2. The van der Waals surface area contributed by atoms with Crippen LogP contribution in [0.2, 0.25) is 0 Å². The van der Waals surface area contributed by atoms with E-state index in [2.05, 4.69) is 4.72 Å². The summed E-state index contributed by atoms with van der Waals surface area (Å²) in [5.41, 5.74) is 2.00. The number of aryl methyl sites for hydroxylation is 2. The number of rotatable bonds is 5. The summed E-state index contributed by atoms with van der Waals surface area (Å²) in [4.78, 5) is 0.261. The lowest BCUT2D eigenvalue weighted by molar-refractivity contribution is 0.368.